The van der Waals surface area contributed by atoms with Crippen molar-refractivity contribution in [3.63, 3.8) is 0 Å². The molecule has 0 saturated heterocycles. The Bertz CT molecular complexity index is 448. The Kier molecular flexibility index (Phi) is 3.64. The predicted molar refractivity (Wildman–Crippen MR) is 68.6 cm³/mol. The van der Waals surface area contributed by atoms with Crippen molar-refractivity contribution in [2.75, 3.05) is 13.3 Å². The van der Waals surface area contributed by atoms with Gasteiger partial charge in [0.15, 0.2) is 0 Å². The molecular formula is C12H15N3S. The first-order valence-electron chi connectivity index (χ1n) is 5.16. The van der Waals surface area contributed by atoms with Gasteiger partial charge in [0.2, 0.25) is 0 Å². The van der Waals surface area contributed by atoms with Gasteiger partial charge in [-0.1, -0.05) is 12.1 Å². The first kappa shape index (κ1) is 11.2. The number of nitrogens with one attached hydrogen (secondary N) is 2. The number of aromatic nitrogens is 2. The second-order valence-electron chi connectivity index (χ2n) is 3.52. The van der Waals surface area contributed by atoms with Gasteiger partial charge in [-0.25, -0.2) is 4.98 Å². The van der Waals surface area contributed by atoms with E-state index in [0.29, 0.717) is 0 Å². The number of rotatable bonds is 4. The minimum absolute atomic E-state index is 0.815. The standard InChI is InChI=1S/C12H15N3S/c1-13-7-10-8-14-12(15-10)9-3-5-11(16-2)6-4-9/h3-6,8,13H,7H2,1-2H3,(H,14,15). The van der Waals surface area contributed by atoms with Gasteiger partial charge in [0.1, 0.15) is 5.82 Å². The van der Waals surface area contributed by atoms with Gasteiger partial charge in [0.25, 0.3) is 0 Å². The second-order valence-corrected chi connectivity index (χ2v) is 4.40. The summed E-state index contributed by atoms with van der Waals surface area (Å²) in [6.07, 6.45) is 3.95. The topological polar surface area (TPSA) is 40.7 Å². The van der Waals surface area contributed by atoms with Gasteiger partial charge in [-0.2, -0.15) is 0 Å². The van der Waals surface area contributed by atoms with Crippen LogP contribution in [-0.4, -0.2) is 23.3 Å². The van der Waals surface area contributed by atoms with Crippen LogP contribution in [0.3, 0.4) is 0 Å². The molecule has 0 saturated carbocycles. The Morgan fingerprint density at radius 3 is 2.69 bits per heavy atom. The third kappa shape index (κ3) is 2.46. The first-order chi connectivity index (χ1) is 7.83. The third-order valence-corrected chi connectivity index (χ3v) is 3.10. The monoisotopic (exact) mass is 233 g/mol. The van der Waals surface area contributed by atoms with Crippen LogP contribution in [0.15, 0.2) is 35.4 Å². The number of hydrogen-bond acceptors (Lipinski definition) is 3. The van der Waals surface area contributed by atoms with Crippen LogP contribution in [0.5, 0.6) is 0 Å². The van der Waals surface area contributed by atoms with Crippen LogP contribution >= 0.6 is 11.8 Å². The lowest BCUT2D eigenvalue weighted by atomic mass is 10.2. The first-order valence-corrected chi connectivity index (χ1v) is 6.39. The SMILES string of the molecule is CNCc1cnc(-c2ccc(SC)cc2)[nH]1. The smallest absolute Gasteiger partial charge is 0.137 e. The summed E-state index contributed by atoms with van der Waals surface area (Å²) in [7, 11) is 1.92. The zero-order chi connectivity index (χ0) is 11.4. The highest BCUT2D eigenvalue weighted by Gasteiger charge is 2.02. The van der Waals surface area contributed by atoms with E-state index in [1.807, 2.05) is 13.2 Å². The molecule has 4 heteroatoms. The molecule has 16 heavy (non-hydrogen) atoms. The molecule has 0 radical (unpaired) electrons. The van der Waals surface area contributed by atoms with Gasteiger partial charge >= 0.3 is 0 Å². The van der Waals surface area contributed by atoms with Gasteiger partial charge in [0, 0.05) is 28.9 Å². The van der Waals surface area contributed by atoms with Gasteiger partial charge in [0.05, 0.1) is 0 Å². The summed E-state index contributed by atoms with van der Waals surface area (Å²) in [6.45, 7) is 0.815. The second kappa shape index (κ2) is 5.18. The van der Waals surface area contributed by atoms with Crippen molar-refractivity contribution in [1.82, 2.24) is 15.3 Å². The molecule has 2 N–H and O–H groups in total. The lowest BCUT2D eigenvalue weighted by Crippen LogP contribution is -2.04. The highest BCUT2D eigenvalue weighted by Crippen LogP contribution is 2.20. The van der Waals surface area contributed by atoms with Crippen molar-refractivity contribution in [3.8, 4) is 11.4 Å². The molecule has 0 bridgehead atoms. The van der Waals surface area contributed by atoms with E-state index in [1.165, 1.54) is 4.90 Å². The van der Waals surface area contributed by atoms with Crippen molar-refractivity contribution >= 4 is 11.8 Å². The lowest BCUT2D eigenvalue weighted by Gasteiger charge is -1.99. The highest BCUT2D eigenvalue weighted by molar-refractivity contribution is 7.98. The fourth-order valence-corrected chi connectivity index (χ4v) is 1.94. The van der Waals surface area contributed by atoms with Crippen LogP contribution in [-0.2, 0) is 6.54 Å². The van der Waals surface area contributed by atoms with Crippen molar-refractivity contribution in [3.05, 3.63) is 36.2 Å². The van der Waals surface area contributed by atoms with Crippen LogP contribution in [0.25, 0.3) is 11.4 Å². The number of H-pyrrole nitrogens is 1. The summed E-state index contributed by atoms with van der Waals surface area (Å²) >= 11 is 1.75. The molecule has 0 spiro atoms. The summed E-state index contributed by atoms with van der Waals surface area (Å²) in [4.78, 5) is 8.91. The minimum atomic E-state index is 0.815. The van der Waals surface area contributed by atoms with Crippen molar-refractivity contribution in [1.29, 1.82) is 0 Å². The minimum Gasteiger partial charge on any atom is -0.341 e. The Hall–Kier alpha value is -1.26. The Balaban J connectivity index is 2.21. The van der Waals surface area contributed by atoms with E-state index < -0.39 is 0 Å². The summed E-state index contributed by atoms with van der Waals surface area (Å²) in [5.41, 5.74) is 2.23. The van der Waals surface area contributed by atoms with Crippen molar-refractivity contribution < 1.29 is 0 Å². The quantitative estimate of drug-likeness (QED) is 0.797. The lowest BCUT2D eigenvalue weighted by molar-refractivity contribution is 0.797. The van der Waals surface area contributed by atoms with Crippen LogP contribution in [0.1, 0.15) is 5.69 Å². The molecule has 0 aliphatic rings. The fourth-order valence-electron chi connectivity index (χ4n) is 1.53. The van der Waals surface area contributed by atoms with Crippen molar-refractivity contribution in [2.24, 2.45) is 0 Å². The summed E-state index contributed by atoms with van der Waals surface area (Å²) in [5.74, 6) is 0.929. The van der Waals surface area contributed by atoms with Crippen LogP contribution in [0.4, 0.5) is 0 Å². The van der Waals surface area contributed by atoms with E-state index in [2.05, 4.69) is 45.8 Å². The molecule has 0 unspecified atom stereocenters. The van der Waals surface area contributed by atoms with Crippen LogP contribution < -0.4 is 5.32 Å². The van der Waals surface area contributed by atoms with Gasteiger partial charge in [-0.3, -0.25) is 0 Å². The van der Waals surface area contributed by atoms with Crippen LogP contribution in [0, 0.1) is 0 Å². The number of aromatic amines is 1. The molecular weight excluding hydrogens is 218 g/mol. The molecule has 0 aliphatic carbocycles. The average molecular weight is 233 g/mol. The molecule has 1 aromatic carbocycles. The maximum absolute atomic E-state index is 4.36. The maximum atomic E-state index is 4.36. The average Bonchev–Trinajstić information content (AvgIpc) is 2.78. The third-order valence-electron chi connectivity index (χ3n) is 2.36. The number of imidazole rings is 1. The molecule has 0 amide bonds. The zero-order valence-electron chi connectivity index (χ0n) is 9.45. The predicted octanol–water partition coefficient (Wildman–Crippen LogP) is 2.52. The molecule has 1 heterocycles. The molecule has 0 aliphatic heterocycles. The molecule has 0 atom stereocenters. The van der Waals surface area contributed by atoms with Gasteiger partial charge in [-0.15, -0.1) is 11.8 Å². The Morgan fingerprint density at radius 2 is 2.06 bits per heavy atom. The normalized spacial score (nSPS) is 10.6. The molecule has 0 fully saturated rings. The molecule has 2 aromatic rings. The van der Waals surface area contributed by atoms with E-state index in [-0.39, 0.29) is 0 Å². The summed E-state index contributed by atoms with van der Waals surface area (Å²) < 4.78 is 0. The van der Waals surface area contributed by atoms with E-state index in [9.17, 15) is 0 Å². The van der Waals surface area contributed by atoms with Crippen molar-refractivity contribution in [2.45, 2.75) is 11.4 Å². The van der Waals surface area contributed by atoms with Gasteiger partial charge < -0.3 is 10.3 Å². The number of hydrogen-bond donors (Lipinski definition) is 2. The van der Waals surface area contributed by atoms with E-state index in [4.69, 9.17) is 0 Å². The zero-order valence-corrected chi connectivity index (χ0v) is 10.3. The van der Waals surface area contributed by atoms with E-state index in [0.717, 1.165) is 23.6 Å². The maximum Gasteiger partial charge on any atom is 0.137 e. The molecule has 2 rings (SSSR count). The fraction of sp³-hybridized carbons (Fsp3) is 0.250. The molecule has 84 valence electrons. The summed E-state index contributed by atoms with van der Waals surface area (Å²) in [6, 6.07) is 8.40. The Labute approximate surface area is 99.7 Å². The number of nitrogens with zero attached hydrogens (tertiary/aromatic N) is 1. The van der Waals surface area contributed by atoms with E-state index in [1.54, 1.807) is 11.8 Å². The summed E-state index contributed by atoms with van der Waals surface area (Å²) in [5, 5.41) is 3.09. The van der Waals surface area contributed by atoms with Crippen LogP contribution in [0.2, 0.25) is 0 Å². The Morgan fingerprint density at radius 1 is 1.31 bits per heavy atom. The largest absolute Gasteiger partial charge is 0.341 e. The number of benzene rings is 1. The van der Waals surface area contributed by atoms with E-state index >= 15 is 0 Å². The molecule has 3 nitrogen and oxygen atoms in total. The molecule has 1 aromatic heterocycles. The van der Waals surface area contributed by atoms with Gasteiger partial charge in [-0.05, 0) is 25.4 Å². The highest BCUT2D eigenvalue weighted by atomic mass is 32.2. The number of thioether (sulfide) groups is 1.